The zero-order valence-electron chi connectivity index (χ0n) is 16.4. The molecule has 30 heavy (non-hydrogen) atoms. The molecule has 0 saturated carbocycles. The third-order valence-electron chi connectivity index (χ3n) is 5.15. The smallest absolute Gasteiger partial charge is 0.307 e. The second-order valence-corrected chi connectivity index (χ2v) is 7.75. The summed E-state index contributed by atoms with van der Waals surface area (Å²) in [6.45, 7) is 0.438. The average molecular weight is 441 g/mol. The zero-order chi connectivity index (χ0) is 21.1. The number of hydrogen-bond donors (Lipinski definition) is 1. The Morgan fingerprint density at radius 3 is 2.83 bits per heavy atom. The molecule has 1 N–H and O–H groups in total. The summed E-state index contributed by atoms with van der Waals surface area (Å²) in [6, 6.07) is 17.2. The molecule has 1 fully saturated rings. The maximum absolute atomic E-state index is 11.8. The minimum absolute atomic E-state index is 0.161. The third-order valence-corrected chi connectivity index (χ3v) is 5.74. The molecule has 1 aliphatic rings. The number of aromatic nitrogens is 2. The number of methoxy groups -OCH3 is 1. The van der Waals surface area contributed by atoms with Gasteiger partial charge in [0.1, 0.15) is 0 Å². The number of esters is 1. The van der Waals surface area contributed by atoms with Crippen molar-refractivity contribution in [3.05, 3.63) is 83.4 Å². The Balaban J connectivity index is 1.76. The van der Waals surface area contributed by atoms with Gasteiger partial charge in [-0.1, -0.05) is 23.7 Å². The van der Waals surface area contributed by atoms with Crippen molar-refractivity contribution in [3.63, 3.8) is 0 Å². The molecule has 3 heterocycles. The molecule has 4 rings (SSSR count). The first-order valence-electron chi connectivity index (χ1n) is 9.56. The summed E-state index contributed by atoms with van der Waals surface area (Å²) in [6.07, 6.45) is 4.00. The molecule has 0 radical (unpaired) electrons. The molecule has 0 unspecified atom stereocenters. The molecule has 2 aromatic heterocycles. The predicted octanol–water partition coefficient (Wildman–Crippen LogP) is 4.06. The lowest BCUT2D eigenvalue weighted by Gasteiger charge is -2.28. The van der Waals surface area contributed by atoms with Crippen molar-refractivity contribution in [1.82, 2.24) is 19.8 Å². The van der Waals surface area contributed by atoms with E-state index in [0.717, 1.165) is 17.1 Å². The highest BCUT2D eigenvalue weighted by Gasteiger charge is 2.41. The van der Waals surface area contributed by atoms with Gasteiger partial charge in [0.2, 0.25) is 0 Å². The van der Waals surface area contributed by atoms with Crippen LogP contribution >= 0.6 is 23.8 Å². The molecule has 6 nitrogen and oxygen atoms in total. The summed E-state index contributed by atoms with van der Waals surface area (Å²) in [7, 11) is 1.39. The number of ether oxygens (including phenoxy) is 1. The standard InChI is InChI=1S/C22H21ClN4O2S/c1-29-19(28)10-13-27-21(20(25-22(27)30)17-8-2-3-11-24-17)18-9-5-12-26(18)16-7-4-6-15(23)14-16/h2-9,11-12,14,20-21H,10,13H2,1H3,(H,25,30)/t20-,21+/m1/s1. The Hall–Kier alpha value is -2.90. The van der Waals surface area contributed by atoms with Crippen molar-refractivity contribution >= 4 is 34.9 Å². The van der Waals surface area contributed by atoms with Crippen LogP contribution < -0.4 is 5.32 Å². The normalized spacial score (nSPS) is 18.3. The fourth-order valence-electron chi connectivity index (χ4n) is 3.78. The number of carbonyl (C=O) groups excluding carboxylic acids is 1. The number of rotatable bonds is 6. The molecular formula is C22H21ClN4O2S. The molecular weight excluding hydrogens is 420 g/mol. The van der Waals surface area contributed by atoms with Crippen LogP contribution in [0.1, 0.15) is 29.9 Å². The lowest BCUT2D eigenvalue weighted by molar-refractivity contribution is -0.140. The van der Waals surface area contributed by atoms with E-state index in [1.807, 2.05) is 59.6 Å². The van der Waals surface area contributed by atoms with E-state index in [9.17, 15) is 4.79 Å². The first-order valence-corrected chi connectivity index (χ1v) is 10.3. The van der Waals surface area contributed by atoms with Crippen LogP contribution in [0.3, 0.4) is 0 Å². The van der Waals surface area contributed by atoms with Gasteiger partial charge in [0.25, 0.3) is 0 Å². The van der Waals surface area contributed by atoms with E-state index in [-0.39, 0.29) is 24.5 Å². The van der Waals surface area contributed by atoms with Gasteiger partial charge in [0, 0.05) is 35.3 Å². The van der Waals surface area contributed by atoms with Crippen LogP contribution in [-0.2, 0) is 9.53 Å². The van der Waals surface area contributed by atoms with Crippen molar-refractivity contribution in [3.8, 4) is 5.69 Å². The van der Waals surface area contributed by atoms with Gasteiger partial charge in [-0.25, -0.2) is 0 Å². The minimum atomic E-state index is -0.275. The number of pyridine rings is 1. The van der Waals surface area contributed by atoms with E-state index in [2.05, 4.69) is 20.9 Å². The summed E-state index contributed by atoms with van der Waals surface area (Å²) in [5, 5.41) is 4.64. The van der Waals surface area contributed by atoms with Crippen molar-refractivity contribution in [1.29, 1.82) is 0 Å². The summed E-state index contributed by atoms with van der Waals surface area (Å²) in [5.74, 6) is -0.275. The zero-order valence-corrected chi connectivity index (χ0v) is 17.9. The highest BCUT2D eigenvalue weighted by Crippen LogP contribution is 2.39. The fraction of sp³-hybridized carbons (Fsp3) is 0.227. The monoisotopic (exact) mass is 440 g/mol. The van der Waals surface area contributed by atoms with Gasteiger partial charge in [-0.2, -0.15) is 0 Å². The quantitative estimate of drug-likeness (QED) is 0.460. The first kappa shape index (κ1) is 20.4. The maximum Gasteiger partial charge on any atom is 0.307 e. The predicted molar refractivity (Wildman–Crippen MR) is 120 cm³/mol. The maximum atomic E-state index is 11.8. The highest BCUT2D eigenvalue weighted by molar-refractivity contribution is 7.80. The van der Waals surface area contributed by atoms with E-state index in [1.54, 1.807) is 6.20 Å². The van der Waals surface area contributed by atoms with Gasteiger partial charge in [-0.3, -0.25) is 9.78 Å². The van der Waals surface area contributed by atoms with Gasteiger partial charge < -0.3 is 19.5 Å². The Morgan fingerprint density at radius 1 is 1.23 bits per heavy atom. The Morgan fingerprint density at radius 2 is 2.10 bits per heavy atom. The van der Waals surface area contributed by atoms with Crippen molar-refractivity contribution in [2.75, 3.05) is 13.7 Å². The highest BCUT2D eigenvalue weighted by atomic mass is 35.5. The second kappa shape index (κ2) is 8.85. The molecule has 8 heteroatoms. The third kappa shape index (κ3) is 4.04. The minimum Gasteiger partial charge on any atom is -0.469 e. The lowest BCUT2D eigenvalue weighted by atomic mass is 10.0. The molecule has 1 aliphatic heterocycles. The van der Waals surface area contributed by atoms with E-state index >= 15 is 0 Å². The topological polar surface area (TPSA) is 59.4 Å². The molecule has 3 aromatic rings. The Labute approximate surface area is 185 Å². The van der Waals surface area contributed by atoms with E-state index < -0.39 is 0 Å². The van der Waals surface area contributed by atoms with Crippen LogP contribution in [0.5, 0.6) is 0 Å². The summed E-state index contributed by atoms with van der Waals surface area (Å²) in [5.41, 5.74) is 2.85. The molecule has 2 atom stereocenters. The molecule has 0 aliphatic carbocycles. The SMILES string of the molecule is COC(=O)CCN1C(=S)N[C@H](c2ccccn2)[C@@H]1c1cccn1-c1cccc(Cl)c1. The van der Waals surface area contributed by atoms with Crippen molar-refractivity contribution in [2.45, 2.75) is 18.5 Å². The number of halogens is 1. The van der Waals surface area contributed by atoms with Crippen LogP contribution in [0.4, 0.5) is 0 Å². The van der Waals surface area contributed by atoms with Crippen LogP contribution in [0, 0.1) is 0 Å². The van der Waals surface area contributed by atoms with Gasteiger partial charge in [-0.15, -0.1) is 0 Å². The van der Waals surface area contributed by atoms with E-state index in [1.165, 1.54) is 7.11 Å². The summed E-state index contributed by atoms with van der Waals surface area (Å²) >= 11 is 11.9. The van der Waals surface area contributed by atoms with Gasteiger partial charge >= 0.3 is 5.97 Å². The van der Waals surface area contributed by atoms with Crippen LogP contribution in [0.2, 0.25) is 5.02 Å². The first-order chi connectivity index (χ1) is 14.6. The summed E-state index contributed by atoms with van der Waals surface area (Å²) < 4.78 is 6.92. The van der Waals surface area contributed by atoms with Crippen LogP contribution in [0.15, 0.2) is 67.0 Å². The lowest BCUT2D eigenvalue weighted by Crippen LogP contribution is -2.32. The number of carbonyl (C=O) groups is 1. The largest absolute Gasteiger partial charge is 0.469 e. The van der Waals surface area contributed by atoms with Crippen molar-refractivity contribution < 1.29 is 9.53 Å². The number of thiocarbonyl (C=S) groups is 1. The number of benzene rings is 1. The van der Waals surface area contributed by atoms with Gasteiger partial charge in [0.15, 0.2) is 5.11 Å². The van der Waals surface area contributed by atoms with E-state index in [4.69, 9.17) is 28.6 Å². The Kier molecular flexibility index (Phi) is 6.01. The number of hydrogen-bond acceptors (Lipinski definition) is 4. The van der Waals surface area contributed by atoms with E-state index in [0.29, 0.717) is 16.7 Å². The molecule has 0 spiro atoms. The number of nitrogens with one attached hydrogen (secondary N) is 1. The van der Waals surface area contributed by atoms with Gasteiger partial charge in [0.05, 0.1) is 31.3 Å². The molecule has 1 aromatic carbocycles. The molecule has 0 bridgehead atoms. The van der Waals surface area contributed by atoms with Gasteiger partial charge in [-0.05, 0) is 54.7 Å². The summed E-state index contributed by atoms with van der Waals surface area (Å²) in [4.78, 5) is 18.4. The fourth-order valence-corrected chi connectivity index (χ4v) is 4.29. The van der Waals surface area contributed by atoms with Crippen LogP contribution in [0.25, 0.3) is 5.69 Å². The molecule has 1 saturated heterocycles. The van der Waals surface area contributed by atoms with Crippen LogP contribution in [-0.4, -0.2) is 39.2 Å². The Bertz CT molecular complexity index is 1060. The average Bonchev–Trinajstić information content (AvgIpc) is 3.36. The second-order valence-electron chi connectivity index (χ2n) is 6.93. The molecule has 154 valence electrons. The van der Waals surface area contributed by atoms with Crippen molar-refractivity contribution in [2.24, 2.45) is 0 Å². The molecule has 0 amide bonds. The number of nitrogens with zero attached hydrogens (tertiary/aromatic N) is 3.